The molecule has 0 saturated carbocycles. The zero-order valence-electron chi connectivity index (χ0n) is 27.6. The molecule has 10 aromatic rings. The molecule has 51 heavy (non-hydrogen) atoms. The quantitative estimate of drug-likeness (QED) is 0.132. The molecule has 6 aromatic carbocycles. The molecule has 0 radical (unpaired) electrons. The first-order chi connectivity index (χ1) is 25.3. The van der Waals surface area contributed by atoms with Crippen molar-refractivity contribution < 1.29 is 4.42 Å². The molecule has 0 aliphatic rings. The Labute approximate surface area is 295 Å². The van der Waals surface area contributed by atoms with Crippen molar-refractivity contribution in [2.24, 2.45) is 0 Å². The van der Waals surface area contributed by atoms with Crippen LogP contribution in [0.2, 0.25) is 0 Å². The number of fused-ring (bicyclic) bond motifs is 6. The molecule has 0 spiro atoms. The van der Waals surface area contributed by atoms with Gasteiger partial charge in [-0.15, -0.1) is 0 Å². The number of para-hydroxylation sites is 1. The lowest BCUT2D eigenvalue weighted by atomic mass is 10.1. The van der Waals surface area contributed by atoms with E-state index in [1.807, 2.05) is 36.7 Å². The third-order valence-electron chi connectivity index (χ3n) is 10.2. The first-order valence-electron chi connectivity index (χ1n) is 17.2. The summed E-state index contributed by atoms with van der Waals surface area (Å²) in [5.74, 6) is 0. The van der Waals surface area contributed by atoms with Crippen LogP contribution in [-0.2, 0) is 0 Å². The summed E-state index contributed by atoms with van der Waals surface area (Å²) in [4.78, 5) is 9.71. The van der Waals surface area contributed by atoms with Crippen LogP contribution in [0.25, 0.3) is 60.8 Å². The Kier molecular flexibility index (Phi) is 6.79. The fraction of sp³-hybridized carbons (Fsp3) is 0. The van der Waals surface area contributed by atoms with Crippen molar-refractivity contribution in [1.82, 2.24) is 14.5 Å². The van der Waals surface area contributed by atoms with E-state index >= 15 is 0 Å². The van der Waals surface area contributed by atoms with Crippen LogP contribution in [0.15, 0.2) is 193 Å². The Hall–Kier alpha value is -6.56. The van der Waals surface area contributed by atoms with Crippen LogP contribution in [0.1, 0.15) is 0 Å². The normalized spacial score (nSPS) is 11.9. The molecule has 5 heteroatoms. The van der Waals surface area contributed by atoms with E-state index in [4.69, 9.17) is 14.4 Å². The minimum absolute atomic E-state index is 0.868. The van der Waals surface area contributed by atoms with Crippen LogP contribution in [0.3, 0.4) is 0 Å². The molecule has 0 atom stereocenters. The molecule has 10 rings (SSSR count). The Morgan fingerprint density at radius 2 is 1.10 bits per heavy atom. The number of pyridine rings is 2. The third-order valence-corrected chi connectivity index (χ3v) is 15.0. The molecule has 240 valence electrons. The fourth-order valence-corrected chi connectivity index (χ4v) is 12.8. The van der Waals surface area contributed by atoms with Crippen LogP contribution >= 0.6 is 0 Å². The van der Waals surface area contributed by atoms with Gasteiger partial charge in [0, 0.05) is 51.3 Å². The van der Waals surface area contributed by atoms with E-state index in [-0.39, 0.29) is 0 Å². The number of benzene rings is 6. The number of hydrogen-bond donors (Lipinski definition) is 0. The summed E-state index contributed by atoms with van der Waals surface area (Å²) < 4.78 is 8.72. The van der Waals surface area contributed by atoms with Gasteiger partial charge in [0.2, 0.25) is 0 Å². The minimum Gasteiger partial charge on any atom is -0.456 e. The van der Waals surface area contributed by atoms with Crippen molar-refractivity contribution >= 4 is 72.7 Å². The maximum Gasteiger partial charge on any atom is 0.179 e. The summed E-state index contributed by atoms with van der Waals surface area (Å²) in [5.41, 5.74) is 6.88. The maximum absolute atomic E-state index is 6.41. The summed E-state index contributed by atoms with van der Waals surface area (Å²) in [6.45, 7) is 0. The maximum atomic E-state index is 6.41. The lowest BCUT2D eigenvalue weighted by molar-refractivity contribution is 0.669. The van der Waals surface area contributed by atoms with Gasteiger partial charge in [0.1, 0.15) is 16.8 Å². The second-order valence-corrected chi connectivity index (χ2v) is 16.8. The van der Waals surface area contributed by atoms with Crippen LogP contribution in [0.4, 0.5) is 0 Å². The molecule has 4 heterocycles. The Morgan fingerprint density at radius 1 is 0.431 bits per heavy atom. The van der Waals surface area contributed by atoms with E-state index < -0.39 is 8.07 Å². The van der Waals surface area contributed by atoms with Gasteiger partial charge in [0.15, 0.2) is 8.07 Å². The number of rotatable bonds is 6. The Morgan fingerprint density at radius 3 is 1.88 bits per heavy atom. The van der Waals surface area contributed by atoms with Gasteiger partial charge < -0.3 is 4.42 Å². The van der Waals surface area contributed by atoms with E-state index in [9.17, 15) is 0 Å². The van der Waals surface area contributed by atoms with Gasteiger partial charge in [-0.1, -0.05) is 121 Å². The van der Waals surface area contributed by atoms with Crippen molar-refractivity contribution in [3.05, 3.63) is 188 Å². The lowest BCUT2D eigenvalue weighted by Crippen LogP contribution is -2.74. The van der Waals surface area contributed by atoms with Crippen molar-refractivity contribution in [2.45, 2.75) is 0 Å². The van der Waals surface area contributed by atoms with Gasteiger partial charge in [-0.3, -0.25) is 9.55 Å². The molecule has 4 nitrogen and oxygen atoms in total. The van der Waals surface area contributed by atoms with E-state index in [0.717, 1.165) is 60.8 Å². The number of hydrogen-bond acceptors (Lipinski definition) is 3. The average molecular weight is 670 g/mol. The van der Waals surface area contributed by atoms with Gasteiger partial charge >= 0.3 is 0 Å². The van der Waals surface area contributed by atoms with Gasteiger partial charge in [-0.05, 0) is 69.3 Å². The van der Waals surface area contributed by atoms with Crippen molar-refractivity contribution in [3.63, 3.8) is 0 Å². The van der Waals surface area contributed by atoms with E-state index in [1.54, 1.807) is 0 Å². The zero-order chi connectivity index (χ0) is 33.8. The first-order valence-corrected chi connectivity index (χ1v) is 19.2. The molecule has 0 bridgehead atoms. The highest BCUT2D eigenvalue weighted by Crippen LogP contribution is 2.37. The van der Waals surface area contributed by atoms with E-state index in [1.165, 1.54) is 20.7 Å². The molecule has 0 N–H and O–H groups in total. The van der Waals surface area contributed by atoms with Crippen molar-refractivity contribution in [1.29, 1.82) is 0 Å². The molecular formula is C46H31N3OSi. The van der Waals surface area contributed by atoms with Crippen LogP contribution in [0, 0.1) is 0 Å². The molecule has 0 amide bonds. The first kappa shape index (κ1) is 29.4. The largest absolute Gasteiger partial charge is 0.456 e. The van der Waals surface area contributed by atoms with E-state index in [0.29, 0.717) is 0 Å². The smallest absolute Gasteiger partial charge is 0.179 e. The summed E-state index contributed by atoms with van der Waals surface area (Å²) in [5, 5.41) is 9.71. The van der Waals surface area contributed by atoms with Gasteiger partial charge in [-0.25, -0.2) is 4.98 Å². The number of aromatic nitrogens is 3. The average Bonchev–Trinajstić information content (AvgIpc) is 3.73. The molecule has 0 unspecified atom stereocenters. The van der Waals surface area contributed by atoms with Gasteiger partial charge in [0.25, 0.3) is 0 Å². The minimum atomic E-state index is -2.89. The monoisotopic (exact) mass is 669 g/mol. The number of nitrogens with zero attached hydrogens (tertiary/aromatic N) is 3. The SMILES string of the molecule is c1ccc([Si](c2ccccc2)(c2cccc(-c3ccccn3)c2)c2cccc(-n3c4cc5oc6ccccc6c5cc4c4cccnc43)c2)cc1. The zero-order valence-corrected chi connectivity index (χ0v) is 28.6. The molecule has 4 aromatic heterocycles. The lowest BCUT2D eigenvalue weighted by Gasteiger charge is -2.35. The molecule has 0 saturated heterocycles. The molecule has 0 aliphatic carbocycles. The standard InChI is InChI=1S/C46H31N3OSi/c1-3-16-34(17-4-1)51(35-18-5-2-6-19-35,36-20-11-14-32(28-36)42-24-9-10-26-47-42)37-21-12-15-33(29-37)49-43-31-45-41(38-22-7-8-25-44(38)50-45)30-40(43)39-23-13-27-48-46(39)49/h1-31H. The van der Waals surface area contributed by atoms with Crippen molar-refractivity contribution in [2.75, 3.05) is 0 Å². The highest BCUT2D eigenvalue weighted by Gasteiger charge is 2.42. The summed E-state index contributed by atoms with van der Waals surface area (Å²) in [6, 6.07) is 63.3. The topological polar surface area (TPSA) is 43.9 Å². The predicted molar refractivity (Wildman–Crippen MR) is 213 cm³/mol. The fourth-order valence-electron chi connectivity index (χ4n) is 8.02. The third kappa shape index (κ3) is 4.59. The second-order valence-electron chi connectivity index (χ2n) is 13.0. The highest BCUT2D eigenvalue weighted by atomic mass is 28.3. The summed E-state index contributed by atoms with van der Waals surface area (Å²) >= 11 is 0. The highest BCUT2D eigenvalue weighted by molar-refractivity contribution is 7.20. The van der Waals surface area contributed by atoms with Crippen LogP contribution in [0.5, 0.6) is 0 Å². The summed E-state index contributed by atoms with van der Waals surface area (Å²) in [6.07, 6.45) is 3.75. The number of furan rings is 1. The van der Waals surface area contributed by atoms with Crippen LogP contribution < -0.4 is 20.7 Å². The Bertz CT molecular complexity index is 2820. The van der Waals surface area contributed by atoms with Gasteiger partial charge in [0.05, 0.1) is 11.2 Å². The second kappa shape index (κ2) is 11.8. The van der Waals surface area contributed by atoms with Crippen LogP contribution in [-0.4, -0.2) is 22.6 Å². The molecule has 0 aliphatic heterocycles. The van der Waals surface area contributed by atoms with Crippen molar-refractivity contribution in [3.8, 4) is 16.9 Å². The van der Waals surface area contributed by atoms with Gasteiger partial charge in [-0.2, -0.15) is 0 Å². The summed E-state index contributed by atoms with van der Waals surface area (Å²) in [7, 11) is -2.89. The molecular weight excluding hydrogens is 639 g/mol. The van der Waals surface area contributed by atoms with E-state index in [2.05, 4.69) is 156 Å². The predicted octanol–water partition coefficient (Wildman–Crippen LogP) is 8.52. The molecule has 0 fully saturated rings. The Balaban J connectivity index is 1.27.